The van der Waals surface area contributed by atoms with Gasteiger partial charge in [0.05, 0.1) is 28.9 Å². The Morgan fingerprint density at radius 2 is 1.81 bits per heavy atom. The molecule has 43 heavy (non-hydrogen) atoms. The maximum Gasteiger partial charge on any atom is 0.267 e. The van der Waals surface area contributed by atoms with Gasteiger partial charge in [-0.1, -0.05) is 11.6 Å². The molecule has 0 spiro atoms. The van der Waals surface area contributed by atoms with E-state index in [9.17, 15) is 13.2 Å². The summed E-state index contributed by atoms with van der Waals surface area (Å²) in [6.07, 6.45) is 6.62. The largest absolute Gasteiger partial charge is 0.480 e. The molecule has 228 valence electrons. The Labute approximate surface area is 251 Å². The number of benzene rings is 1. The second-order valence-electron chi connectivity index (χ2n) is 10.6. The van der Waals surface area contributed by atoms with Crippen molar-refractivity contribution in [2.45, 2.75) is 42.7 Å². The first-order valence-corrected chi connectivity index (χ1v) is 15.3. The third kappa shape index (κ3) is 6.12. The zero-order valence-electron chi connectivity index (χ0n) is 23.9. The fourth-order valence-electron chi connectivity index (χ4n) is 5.25. The van der Waals surface area contributed by atoms with Crippen molar-refractivity contribution in [3.8, 4) is 17.0 Å². The second kappa shape index (κ2) is 12.0. The van der Waals surface area contributed by atoms with Gasteiger partial charge in [-0.3, -0.25) is 14.1 Å². The van der Waals surface area contributed by atoms with Crippen LogP contribution in [0, 0.1) is 11.6 Å². The minimum absolute atomic E-state index is 0.00149. The van der Waals surface area contributed by atoms with Gasteiger partial charge in [0.1, 0.15) is 11.5 Å². The highest BCUT2D eigenvalue weighted by molar-refractivity contribution is 7.92. The summed E-state index contributed by atoms with van der Waals surface area (Å²) in [4.78, 5) is 27.9. The first kappa shape index (κ1) is 30.6. The zero-order valence-corrected chi connectivity index (χ0v) is 25.4. The Balaban J connectivity index is 1.48. The van der Waals surface area contributed by atoms with Gasteiger partial charge in [0, 0.05) is 36.9 Å². The molecule has 11 nitrogen and oxygen atoms in total. The number of methoxy groups -OCH3 is 1. The lowest BCUT2D eigenvalue weighted by Gasteiger charge is -2.32. The van der Waals surface area contributed by atoms with Gasteiger partial charge in [0.15, 0.2) is 10.7 Å². The number of hydrogen-bond donors (Lipinski definition) is 2. The first-order valence-electron chi connectivity index (χ1n) is 13.4. The van der Waals surface area contributed by atoms with Crippen molar-refractivity contribution in [1.29, 1.82) is 0 Å². The van der Waals surface area contributed by atoms with Crippen LogP contribution in [0.1, 0.15) is 25.7 Å². The van der Waals surface area contributed by atoms with E-state index in [0.29, 0.717) is 17.4 Å². The highest BCUT2D eigenvalue weighted by Crippen LogP contribution is 2.33. The van der Waals surface area contributed by atoms with E-state index in [4.69, 9.17) is 16.3 Å². The maximum absolute atomic E-state index is 15.8. The lowest BCUT2D eigenvalue weighted by atomic mass is 9.91. The number of hydrogen-bond acceptors (Lipinski definition) is 9. The second-order valence-corrected chi connectivity index (χ2v) is 12.6. The summed E-state index contributed by atoms with van der Waals surface area (Å²) in [7, 11) is 2.30. The molecule has 0 aliphatic heterocycles. The molecule has 0 radical (unpaired) electrons. The number of ether oxygens (including phenoxy) is 1. The number of nitrogens with zero attached hydrogens (tertiary/aromatic N) is 5. The third-order valence-electron chi connectivity index (χ3n) is 7.58. The van der Waals surface area contributed by atoms with Crippen LogP contribution in [0.25, 0.3) is 22.2 Å². The molecule has 1 aliphatic carbocycles. The molecule has 1 aromatic carbocycles. The van der Waals surface area contributed by atoms with Crippen LogP contribution in [0.4, 0.5) is 20.4 Å². The van der Waals surface area contributed by atoms with Crippen molar-refractivity contribution in [1.82, 2.24) is 24.4 Å². The number of anilines is 2. The van der Waals surface area contributed by atoms with E-state index in [0.717, 1.165) is 43.9 Å². The Kier molecular flexibility index (Phi) is 8.54. The van der Waals surface area contributed by atoms with Crippen molar-refractivity contribution in [3.05, 3.63) is 63.7 Å². The Morgan fingerprint density at radius 3 is 2.49 bits per heavy atom. The third-order valence-corrected chi connectivity index (χ3v) is 9.15. The first-order chi connectivity index (χ1) is 20.4. The number of sulfonamides is 1. The minimum Gasteiger partial charge on any atom is -0.480 e. The molecular formula is C28H30ClF2N7O4S. The van der Waals surface area contributed by atoms with Gasteiger partial charge in [0.25, 0.3) is 15.6 Å². The highest BCUT2D eigenvalue weighted by atomic mass is 35.5. The molecule has 1 saturated carbocycles. The van der Waals surface area contributed by atoms with Crippen LogP contribution in [0.5, 0.6) is 5.88 Å². The van der Waals surface area contributed by atoms with Gasteiger partial charge >= 0.3 is 0 Å². The van der Waals surface area contributed by atoms with Crippen LogP contribution in [0.3, 0.4) is 0 Å². The number of halogens is 3. The predicted octanol–water partition coefficient (Wildman–Crippen LogP) is 4.42. The van der Waals surface area contributed by atoms with E-state index >= 15 is 8.78 Å². The van der Waals surface area contributed by atoms with Gasteiger partial charge in [-0.2, -0.15) is 4.98 Å². The fraction of sp³-hybridized carbons (Fsp3) is 0.357. The van der Waals surface area contributed by atoms with Crippen molar-refractivity contribution in [3.63, 3.8) is 0 Å². The molecule has 0 unspecified atom stereocenters. The number of aryl methyl sites for hydroxylation is 1. The van der Waals surface area contributed by atoms with Gasteiger partial charge in [-0.05, 0) is 64.0 Å². The summed E-state index contributed by atoms with van der Waals surface area (Å²) < 4.78 is 65.3. The molecule has 0 atom stereocenters. The lowest BCUT2D eigenvalue weighted by Crippen LogP contribution is -2.36. The van der Waals surface area contributed by atoms with Gasteiger partial charge < -0.3 is 15.0 Å². The van der Waals surface area contributed by atoms with Crippen LogP contribution in [0.2, 0.25) is 5.02 Å². The minimum atomic E-state index is -4.49. The number of fused-ring (bicyclic) bond motifs is 1. The van der Waals surface area contributed by atoms with Crippen molar-refractivity contribution in [2.75, 3.05) is 31.2 Å². The zero-order chi connectivity index (χ0) is 31.1. The van der Waals surface area contributed by atoms with Crippen LogP contribution in [-0.2, 0) is 17.1 Å². The topological polar surface area (TPSA) is 131 Å². The van der Waals surface area contributed by atoms with Crippen LogP contribution >= 0.6 is 11.6 Å². The van der Waals surface area contributed by atoms with E-state index in [-0.39, 0.29) is 28.2 Å². The molecule has 0 amide bonds. The number of rotatable bonds is 8. The Morgan fingerprint density at radius 1 is 1.09 bits per heavy atom. The van der Waals surface area contributed by atoms with Crippen LogP contribution in [-0.4, -0.2) is 66.1 Å². The summed E-state index contributed by atoms with van der Waals surface area (Å²) in [6.45, 7) is 0. The van der Waals surface area contributed by atoms with Crippen LogP contribution in [0.15, 0.2) is 46.3 Å². The Bertz CT molecular complexity index is 1860. The summed E-state index contributed by atoms with van der Waals surface area (Å²) in [6, 6.07) is 4.85. The molecule has 3 heterocycles. The molecular weight excluding hydrogens is 604 g/mol. The average molecular weight is 634 g/mol. The van der Waals surface area contributed by atoms with Gasteiger partial charge in [-0.15, -0.1) is 0 Å². The van der Waals surface area contributed by atoms with Crippen molar-refractivity contribution < 1.29 is 21.9 Å². The quantitative estimate of drug-likeness (QED) is 0.290. The highest BCUT2D eigenvalue weighted by Gasteiger charge is 2.27. The van der Waals surface area contributed by atoms with Crippen molar-refractivity contribution >= 4 is 44.3 Å². The molecule has 4 aromatic rings. The summed E-state index contributed by atoms with van der Waals surface area (Å²) >= 11 is 5.91. The van der Waals surface area contributed by atoms with Crippen molar-refractivity contribution in [2.24, 2.45) is 7.05 Å². The number of pyridine rings is 2. The monoisotopic (exact) mass is 633 g/mol. The standard InChI is InChI=1S/C28H30ClF2N7O4S/c1-37(2)18-7-5-17(6-8-18)34-28-33-13-15-11-19(27(39)38(3)25(15)35-28)23-20(30)9-10-21(24(23)31)36-43(40,41)22-12-16(29)14-32-26(22)42-4/h9-14,17-18,36H,5-8H2,1-4H3,(H,33,34,35)/t17-,18-. The molecule has 15 heteroatoms. The normalized spacial score (nSPS) is 17.3. The van der Waals surface area contributed by atoms with Gasteiger partial charge in [0.2, 0.25) is 11.8 Å². The molecule has 1 fully saturated rings. The summed E-state index contributed by atoms with van der Waals surface area (Å²) in [5.41, 5.74) is -2.10. The Hall–Kier alpha value is -3.88. The lowest BCUT2D eigenvalue weighted by molar-refractivity contribution is 0.221. The molecule has 5 rings (SSSR count). The summed E-state index contributed by atoms with van der Waals surface area (Å²) in [5.74, 6) is -2.28. The SMILES string of the molecule is COc1ncc(Cl)cc1S(=O)(=O)Nc1ccc(F)c(-c2cc3cnc(N[C@H]4CC[C@H](N(C)C)CC4)nc3n(C)c2=O)c1F. The summed E-state index contributed by atoms with van der Waals surface area (Å²) in [5, 5.41) is 3.69. The fourth-order valence-corrected chi connectivity index (χ4v) is 6.67. The molecule has 1 aliphatic rings. The number of aromatic nitrogens is 4. The molecule has 0 bridgehead atoms. The molecule has 2 N–H and O–H groups in total. The van der Waals surface area contributed by atoms with Crippen LogP contribution < -0.4 is 20.3 Å². The molecule has 3 aromatic heterocycles. The molecule has 0 saturated heterocycles. The van der Waals surface area contributed by atoms with E-state index in [1.165, 1.54) is 37.2 Å². The van der Waals surface area contributed by atoms with E-state index < -0.39 is 43.4 Å². The predicted molar refractivity (Wildman–Crippen MR) is 160 cm³/mol. The maximum atomic E-state index is 15.8. The smallest absolute Gasteiger partial charge is 0.267 e. The number of nitrogens with one attached hydrogen (secondary N) is 2. The van der Waals surface area contributed by atoms with E-state index in [1.54, 1.807) is 0 Å². The average Bonchev–Trinajstić information content (AvgIpc) is 2.97. The van der Waals surface area contributed by atoms with E-state index in [1.807, 2.05) is 0 Å². The van der Waals surface area contributed by atoms with Gasteiger partial charge in [-0.25, -0.2) is 27.2 Å². The van der Waals surface area contributed by atoms with E-state index in [2.05, 4.69) is 44.0 Å².